The van der Waals surface area contributed by atoms with Gasteiger partial charge in [0.2, 0.25) is 5.91 Å². The third-order valence-electron chi connectivity index (χ3n) is 3.93. The molecule has 26 heavy (non-hydrogen) atoms. The number of hydrogen-bond acceptors (Lipinski definition) is 3. The molecule has 1 atom stereocenters. The molecule has 0 radical (unpaired) electrons. The van der Waals surface area contributed by atoms with Crippen LogP contribution in [0.1, 0.15) is 24.8 Å². The Bertz CT molecular complexity index is 884. The molecule has 1 unspecified atom stereocenters. The van der Waals surface area contributed by atoms with Crippen molar-refractivity contribution in [3.63, 3.8) is 0 Å². The second kappa shape index (κ2) is 8.25. The van der Waals surface area contributed by atoms with Crippen molar-refractivity contribution in [3.05, 3.63) is 84.4 Å². The van der Waals surface area contributed by atoms with Gasteiger partial charge < -0.3 is 10.1 Å². The van der Waals surface area contributed by atoms with E-state index in [4.69, 9.17) is 4.74 Å². The Balaban J connectivity index is 1.62. The van der Waals surface area contributed by atoms with Crippen molar-refractivity contribution < 1.29 is 13.9 Å². The average Bonchev–Trinajstić information content (AvgIpc) is 2.63. The quantitative estimate of drug-likeness (QED) is 0.669. The third-order valence-corrected chi connectivity index (χ3v) is 3.93. The number of carbonyl (C=O) groups is 1. The minimum Gasteiger partial charge on any atom is -0.457 e. The molecule has 1 N–H and O–H groups in total. The summed E-state index contributed by atoms with van der Waals surface area (Å²) in [6.07, 6.45) is 3.48. The van der Waals surface area contributed by atoms with Crippen molar-refractivity contribution in [2.45, 2.75) is 19.3 Å². The molecule has 0 bridgehead atoms. The summed E-state index contributed by atoms with van der Waals surface area (Å²) < 4.78 is 19.6. The highest BCUT2D eigenvalue weighted by Crippen LogP contribution is 2.25. The lowest BCUT2D eigenvalue weighted by Crippen LogP contribution is -2.15. The predicted octanol–water partition coefficient (Wildman–Crippen LogP) is 5.15. The van der Waals surface area contributed by atoms with E-state index in [1.54, 1.807) is 67.0 Å². The standard InChI is InChI=1S/C21H19FN2O2/c1-15(19-7-2-3-8-20(19)22)13-21(25)24-16-5-4-6-18(14-16)26-17-9-11-23-12-10-17/h2-12,14-15H,13H2,1H3,(H,24,25). The number of benzene rings is 2. The zero-order chi connectivity index (χ0) is 18.4. The molecule has 3 rings (SSSR count). The fraction of sp³-hybridized carbons (Fsp3) is 0.143. The maximum atomic E-state index is 13.8. The van der Waals surface area contributed by atoms with E-state index in [1.165, 1.54) is 6.07 Å². The average molecular weight is 350 g/mol. The monoisotopic (exact) mass is 350 g/mol. The second-order valence-electron chi connectivity index (χ2n) is 5.99. The fourth-order valence-corrected chi connectivity index (χ4v) is 2.65. The molecule has 2 aromatic carbocycles. The molecule has 5 heteroatoms. The summed E-state index contributed by atoms with van der Waals surface area (Å²) in [6, 6.07) is 17.1. The smallest absolute Gasteiger partial charge is 0.224 e. The van der Waals surface area contributed by atoms with Gasteiger partial charge >= 0.3 is 0 Å². The summed E-state index contributed by atoms with van der Waals surface area (Å²) in [7, 11) is 0. The molecule has 0 aliphatic heterocycles. The van der Waals surface area contributed by atoms with E-state index < -0.39 is 0 Å². The Morgan fingerprint density at radius 1 is 1.08 bits per heavy atom. The molecule has 3 aromatic rings. The van der Waals surface area contributed by atoms with Crippen molar-refractivity contribution in [1.82, 2.24) is 4.98 Å². The molecule has 0 saturated heterocycles. The SMILES string of the molecule is CC(CC(=O)Nc1cccc(Oc2ccncc2)c1)c1ccccc1F. The molecule has 1 aromatic heterocycles. The van der Waals surface area contributed by atoms with Gasteiger partial charge in [-0.15, -0.1) is 0 Å². The molecule has 0 spiro atoms. The van der Waals surface area contributed by atoms with E-state index in [0.29, 0.717) is 22.7 Å². The van der Waals surface area contributed by atoms with Crippen LogP contribution in [0.3, 0.4) is 0 Å². The highest BCUT2D eigenvalue weighted by atomic mass is 19.1. The Labute approximate surface area is 151 Å². The van der Waals surface area contributed by atoms with Gasteiger partial charge in [-0.1, -0.05) is 31.2 Å². The number of nitrogens with one attached hydrogen (secondary N) is 1. The van der Waals surface area contributed by atoms with Gasteiger partial charge in [-0.05, 0) is 41.8 Å². The second-order valence-corrected chi connectivity index (χ2v) is 5.99. The van der Waals surface area contributed by atoms with Gasteiger partial charge in [0.05, 0.1) is 0 Å². The first-order valence-corrected chi connectivity index (χ1v) is 8.34. The van der Waals surface area contributed by atoms with Crippen molar-refractivity contribution in [3.8, 4) is 11.5 Å². The van der Waals surface area contributed by atoms with Gasteiger partial charge in [-0.2, -0.15) is 0 Å². The van der Waals surface area contributed by atoms with Gasteiger partial charge in [0.25, 0.3) is 0 Å². The first-order chi connectivity index (χ1) is 12.6. The van der Waals surface area contributed by atoms with E-state index in [2.05, 4.69) is 10.3 Å². The maximum Gasteiger partial charge on any atom is 0.224 e. The van der Waals surface area contributed by atoms with Crippen LogP contribution in [-0.2, 0) is 4.79 Å². The zero-order valence-electron chi connectivity index (χ0n) is 14.4. The summed E-state index contributed by atoms with van der Waals surface area (Å²) >= 11 is 0. The van der Waals surface area contributed by atoms with E-state index in [0.717, 1.165) is 0 Å². The maximum absolute atomic E-state index is 13.8. The lowest BCUT2D eigenvalue weighted by atomic mass is 9.97. The van der Waals surface area contributed by atoms with Crippen LogP contribution in [-0.4, -0.2) is 10.9 Å². The van der Waals surface area contributed by atoms with Gasteiger partial charge in [0.1, 0.15) is 17.3 Å². The summed E-state index contributed by atoms with van der Waals surface area (Å²) in [5, 5.41) is 2.83. The van der Waals surface area contributed by atoms with E-state index >= 15 is 0 Å². The van der Waals surface area contributed by atoms with Gasteiger partial charge in [0.15, 0.2) is 0 Å². The van der Waals surface area contributed by atoms with Gasteiger partial charge in [-0.25, -0.2) is 4.39 Å². The number of pyridine rings is 1. The molecule has 0 aliphatic carbocycles. The number of ether oxygens (including phenoxy) is 1. The molecule has 1 heterocycles. The summed E-state index contributed by atoms with van der Waals surface area (Å²) in [5.74, 6) is 0.586. The number of rotatable bonds is 6. The van der Waals surface area contributed by atoms with Crippen LogP contribution in [0.2, 0.25) is 0 Å². The number of amides is 1. The van der Waals surface area contributed by atoms with Gasteiger partial charge in [-0.3, -0.25) is 9.78 Å². The number of halogens is 1. The minimum atomic E-state index is -0.291. The number of carbonyl (C=O) groups excluding carboxylic acids is 1. The number of hydrogen-bond donors (Lipinski definition) is 1. The van der Waals surface area contributed by atoms with E-state index in [-0.39, 0.29) is 24.1 Å². The van der Waals surface area contributed by atoms with Gasteiger partial charge in [0, 0.05) is 30.6 Å². The van der Waals surface area contributed by atoms with Crippen LogP contribution in [0, 0.1) is 5.82 Å². The van der Waals surface area contributed by atoms with Crippen LogP contribution in [0.25, 0.3) is 0 Å². The Kier molecular flexibility index (Phi) is 5.59. The molecule has 132 valence electrons. The molecular formula is C21H19FN2O2. The van der Waals surface area contributed by atoms with E-state index in [9.17, 15) is 9.18 Å². The predicted molar refractivity (Wildman–Crippen MR) is 98.8 cm³/mol. The van der Waals surface area contributed by atoms with Crippen LogP contribution in [0.15, 0.2) is 73.1 Å². The highest BCUT2D eigenvalue weighted by Gasteiger charge is 2.15. The van der Waals surface area contributed by atoms with Crippen LogP contribution in [0.5, 0.6) is 11.5 Å². The topological polar surface area (TPSA) is 51.2 Å². The largest absolute Gasteiger partial charge is 0.457 e. The minimum absolute atomic E-state index is 0.179. The normalized spacial score (nSPS) is 11.6. The van der Waals surface area contributed by atoms with Crippen molar-refractivity contribution >= 4 is 11.6 Å². The number of aromatic nitrogens is 1. The molecule has 0 fully saturated rings. The molecule has 0 saturated carbocycles. The van der Waals surface area contributed by atoms with Crippen molar-refractivity contribution in [2.24, 2.45) is 0 Å². The molecule has 4 nitrogen and oxygen atoms in total. The first-order valence-electron chi connectivity index (χ1n) is 8.34. The van der Waals surface area contributed by atoms with E-state index in [1.807, 2.05) is 6.92 Å². The molecular weight excluding hydrogens is 331 g/mol. The van der Waals surface area contributed by atoms with Crippen molar-refractivity contribution in [1.29, 1.82) is 0 Å². The fourth-order valence-electron chi connectivity index (χ4n) is 2.65. The Morgan fingerprint density at radius 3 is 2.62 bits per heavy atom. The highest BCUT2D eigenvalue weighted by molar-refractivity contribution is 5.91. The summed E-state index contributed by atoms with van der Waals surface area (Å²) in [5.41, 5.74) is 1.17. The number of anilines is 1. The van der Waals surface area contributed by atoms with Crippen LogP contribution in [0.4, 0.5) is 10.1 Å². The lowest BCUT2D eigenvalue weighted by Gasteiger charge is -2.13. The third kappa shape index (κ3) is 4.66. The Hall–Kier alpha value is -3.21. The molecule has 0 aliphatic rings. The lowest BCUT2D eigenvalue weighted by molar-refractivity contribution is -0.116. The zero-order valence-corrected chi connectivity index (χ0v) is 14.4. The Morgan fingerprint density at radius 2 is 1.85 bits per heavy atom. The molecule has 1 amide bonds. The summed E-state index contributed by atoms with van der Waals surface area (Å²) in [4.78, 5) is 16.2. The van der Waals surface area contributed by atoms with Crippen LogP contribution < -0.4 is 10.1 Å². The summed E-state index contributed by atoms with van der Waals surface area (Å²) in [6.45, 7) is 1.83. The number of nitrogens with zero attached hydrogens (tertiary/aromatic N) is 1. The van der Waals surface area contributed by atoms with Crippen molar-refractivity contribution in [2.75, 3.05) is 5.32 Å². The van der Waals surface area contributed by atoms with Crippen LogP contribution >= 0.6 is 0 Å². The first kappa shape index (κ1) is 17.6.